The zero-order valence-electron chi connectivity index (χ0n) is 20.2. The molecule has 0 aliphatic heterocycles. The second kappa shape index (κ2) is 11.9. The molecule has 8 heteroatoms. The van der Waals surface area contributed by atoms with E-state index < -0.39 is 36.0 Å². The number of rotatable bonds is 8. The molecule has 1 aromatic heterocycles. The van der Waals surface area contributed by atoms with Crippen molar-refractivity contribution in [3.63, 3.8) is 0 Å². The first-order valence-electron chi connectivity index (χ1n) is 11.8. The second-order valence-corrected chi connectivity index (χ2v) is 8.51. The zero-order chi connectivity index (χ0) is 26.2. The molecule has 3 atom stereocenters. The van der Waals surface area contributed by atoms with Gasteiger partial charge in [0.1, 0.15) is 18.7 Å². The second-order valence-electron chi connectivity index (χ2n) is 8.51. The Hall–Kier alpha value is -4.56. The Morgan fingerprint density at radius 3 is 2.30 bits per heavy atom. The van der Waals surface area contributed by atoms with Crippen LogP contribution in [0.15, 0.2) is 97.2 Å². The van der Waals surface area contributed by atoms with E-state index in [1.54, 1.807) is 24.4 Å². The third-order valence-corrected chi connectivity index (χ3v) is 5.81. The number of alkyl carbamates (subject to hydrolysis) is 1. The van der Waals surface area contributed by atoms with Gasteiger partial charge in [-0.2, -0.15) is 0 Å². The van der Waals surface area contributed by atoms with Crippen LogP contribution in [0, 0.1) is 0 Å². The molecule has 2 unspecified atom stereocenters. The molecule has 0 saturated carbocycles. The minimum Gasteiger partial charge on any atom is -0.445 e. The van der Waals surface area contributed by atoms with Gasteiger partial charge in [0.15, 0.2) is 0 Å². The Bertz CT molecular complexity index is 1370. The van der Waals surface area contributed by atoms with Crippen molar-refractivity contribution in [3.8, 4) is 0 Å². The zero-order valence-corrected chi connectivity index (χ0v) is 20.2. The monoisotopic (exact) mass is 497 g/mol. The smallest absolute Gasteiger partial charge is 0.408 e. The summed E-state index contributed by atoms with van der Waals surface area (Å²) in [6.45, 7) is 1.41. The maximum atomic E-state index is 13.4. The van der Waals surface area contributed by atoms with E-state index in [1.807, 2.05) is 72.8 Å². The number of hydrogen-bond acceptors (Lipinski definition) is 7. The predicted molar refractivity (Wildman–Crippen MR) is 138 cm³/mol. The van der Waals surface area contributed by atoms with Crippen LogP contribution in [-0.4, -0.2) is 35.1 Å². The lowest BCUT2D eigenvalue weighted by molar-refractivity contribution is -0.162. The number of nitrogens with zero attached hydrogens (tertiary/aromatic N) is 1. The number of hydrogen-bond donors (Lipinski definition) is 2. The van der Waals surface area contributed by atoms with Crippen molar-refractivity contribution in [2.24, 2.45) is 5.73 Å². The van der Waals surface area contributed by atoms with E-state index in [4.69, 9.17) is 15.2 Å². The Kier molecular flexibility index (Phi) is 8.22. The highest BCUT2D eigenvalue weighted by Gasteiger charge is 2.37. The van der Waals surface area contributed by atoms with E-state index in [-0.39, 0.29) is 6.61 Å². The molecular weight excluding hydrogens is 470 g/mol. The molecule has 188 valence electrons. The third-order valence-electron chi connectivity index (χ3n) is 5.81. The summed E-state index contributed by atoms with van der Waals surface area (Å²) in [5.41, 5.74) is 7.61. The number of ether oxygens (including phenoxy) is 2. The first-order chi connectivity index (χ1) is 17.9. The summed E-state index contributed by atoms with van der Waals surface area (Å²) in [6.07, 6.45) is 0.747. The molecule has 4 aromatic rings. The number of benzene rings is 3. The number of esters is 2. The molecule has 1 heterocycles. The summed E-state index contributed by atoms with van der Waals surface area (Å²) in [4.78, 5) is 43.0. The van der Waals surface area contributed by atoms with Gasteiger partial charge in [0.25, 0.3) is 0 Å². The van der Waals surface area contributed by atoms with E-state index in [9.17, 15) is 14.4 Å². The fourth-order valence-electron chi connectivity index (χ4n) is 4.02. The van der Waals surface area contributed by atoms with Gasteiger partial charge in [-0.05, 0) is 41.0 Å². The summed E-state index contributed by atoms with van der Waals surface area (Å²) in [7, 11) is 0. The number of fused-ring (bicyclic) bond motifs is 1. The van der Waals surface area contributed by atoms with Crippen LogP contribution < -0.4 is 11.1 Å². The number of carbonyl (C=O) groups excluding carboxylic acids is 3. The average Bonchev–Trinajstić information content (AvgIpc) is 2.92. The SMILES string of the molecule is C[C@H](N)C(=O)OC(=O)C(NC(=O)OCc1ccccc1)C(c1ccccn1)c1cccc2ccccc12. The van der Waals surface area contributed by atoms with Crippen molar-refractivity contribution in [3.05, 3.63) is 114 Å². The lowest BCUT2D eigenvalue weighted by Gasteiger charge is -2.27. The number of aromatic nitrogens is 1. The van der Waals surface area contributed by atoms with E-state index >= 15 is 0 Å². The molecule has 0 aliphatic rings. The number of amides is 1. The Balaban J connectivity index is 1.74. The molecule has 3 N–H and O–H groups in total. The number of nitrogens with two attached hydrogens (primary N) is 1. The van der Waals surface area contributed by atoms with E-state index in [2.05, 4.69) is 10.3 Å². The highest BCUT2D eigenvalue weighted by Crippen LogP contribution is 2.33. The molecule has 8 nitrogen and oxygen atoms in total. The van der Waals surface area contributed by atoms with Gasteiger partial charge >= 0.3 is 18.0 Å². The van der Waals surface area contributed by atoms with E-state index in [1.165, 1.54) is 6.92 Å². The third kappa shape index (κ3) is 6.36. The van der Waals surface area contributed by atoms with Gasteiger partial charge in [-0.1, -0.05) is 78.9 Å². The number of pyridine rings is 1. The normalized spacial score (nSPS) is 13.2. The quantitative estimate of drug-likeness (QED) is 0.278. The lowest BCUT2D eigenvalue weighted by atomic mass is 9.85. The van der Waals surface area contributed by atoms with Gasteiger partial charge in [0.2, 0.25) is 0 Å². The fraction of sp³-hybridized carbons (Fsp3) is 0.172. The highest BCUT2D eigenvalue weighted by molar-refractivity contribution is 5.94. The molecule has 0 saturated heterocycles. The summed E-state index contributed by atoms with van der Waals surface area (Å²) in [5.74, 6) is -2.68. The van der Waals surface area contributed by atoms with Crippen molar-refractivity contribution in [1.82, 2.24) is 10.3 Å². The van der Waals surface area contributed by atoms with Crippen molar-refractivity contribution in [2.45, 2.75) is 31.5 Å². The van der Waals surface area contributed by atoms with Crippen LogP contribution in [0.2, 0.25) is 0 Å². The number of carbonyl (C=O) groups is 3. The van der Waals surface area contributed by atoms with Crippen molar-refractivity contribution < 1.29 is 23.9 Å². The summed E-state index contributed by atoms with van der Waals surface area (Å²) >= 11 is 0. The number of nitrogens with one attached hydrogen (secondary N) is 1. The first-order valence-corrected chi connectivity index (χ1v) is 11.8. The highest BCUT2D eigenvalue weighted by atomic mass is 16.6. The predicted octanol–water partition coefficient (Wildman–Crippen LogP) is 4.08. The van der Waals surface area contributed by atoms with Crippen LogP contribution >= 0.6 is 0 Å². The molecule has 0 spiro atoms. The largest absolute Gasteiger partial charge is 0.445 e. The molecule has 37 heavy (non-hydrogen) atoms. The van der Waals surface area contributed by atoms with Gasteiger partial charge in [-0.25, -0.2) is 14.4 Å². The van der Waals surface area contributed by atoms with Crippen LogP contribution in [0.1, 0.15) is 29.7 Å². The molecule has 3 aromatic carbocycles. The van der Waals surface area contributed by atoms with Crippen LogP contribution in [0.5, 0.6) is 0 Å². The summed E-state index contributed by atoms with van der Waals surface area (Å²) in [6, 6.07) is 25.4. The van der Waals surface area contributed by atoms with E-state index in [0.717, 1.165) is 21.9 Å². The summed E-state index contributed by atoms with van der Waals surface area (Å²) < 4.78 is 10.5. The Labute approximate surface area is 214 Å². The van der Waals surface area contributed by atoms with Crippen LogP contribution in [0.4, 0.5) is 4.79 Å². The maximum Gasteiger partial charge on any atom is 0.408 e. The summed E-state index contributed by atoms with van der Waals surface area (Å²) in [5, 5.41) is 4.42. The van der Waals surface area contributed by atoms with Crippen LogP contribution in [0.25, 0.3) is 10.8 Å². The first kappa shape index (κ1) is 25.5. The van der Waals surface area contributed by atoms with Crippen molar-refractivity contribution in [2.75, 3.05) is 0 Å². The minimum absolute atomic E-state index is 0.00424. The Morgan fingerprint density at radius 1 is 0.865 bits per heavy atom. The van der Waals surface area contributed by atoms with E-state index in [0.29, 0.717) is 5.69 Å². The Morgan fingerprint density at radius 2 is 1.57 bits per heavy atom. The van der Waals surface area contributed by atoms with Crippen molar-refractivity contribution in [1.29, 1.82) is 0 Å². The topological polar surface area (TPSA) is 121 Å². The average molecular weight is 498 g/mol. The van der Waals surface area contributed by atoms with Gasteiger partial charge in [0.05, 0.1) is 11.6 Å². The molecule has 0 bridgehead atoms. The van der Waals surface area contributed by atoms with Crippen LogP contribution in [0.3, 0.4) is 0 Å². The van der Waals surface area contributed by atoms with Gasteiger partial charge in [0, 0.05) is 6.20 Å². The lowest BCUT2D eigenvalue weighted by Crippen LogP contribution is -2.48. The van der Waals surface area contributed by atoms with Gasteiger partial charge in [-0.15, -0.1) is 0 Å². The molecule has 1 amide bonds. The molecule has 4 rings (SSSR count). The molecule has 0 radical (unpaired) electrons. The van der Waals surface area contributed by atoms with Crippen molar-refractivity contribution >= 4 is 28.8 Å². The molecule has 0 fully saturated rings. The minimum atomic E-state index is -1.34. The maximum absolute atomic E-state index is 13.4. The molecular formula is C29H27N3O5. The van der Waals surface area contributed by atoms with Gasteiger partial charge in [-0.3, -0.25) is 4.98 Å². The standard InChI is InChI=1S/C29H27N3O5/c1-19(30)27(33)37-28(34)26(32-29(35)36-18-20-10-3-2-4-11-20)25(24-16-7-8-17-31-24)23-15-9-13-21-12-5-6-14-22(21)23/h2-17,19,25-26H,18,30H2,1H3,(H,32,35)/t19-,25?,26?/m0/s1. The van der Waals surface area contributed by atoms with Gasteiger partial charge < -0.3 is 20.5 Å². The fourth-order valence-corrected chi connectivity index (χ4v) is 4.02. The van der Waals surface area contributed by atoms with Crippen LogP contribution in [-0.2, 0) is 25.7 Å². The molecule has 0 aliphatic carbocycles.